The van der Waals surface area contributed by atoms with Gasteiger partial charge in [-0.25, -0.2) is 0 Å². The molecule has 0 saturated heterocycles. The van der Waals surface area contributed by atoms with Crippen molar-refractivity contribution in [2.45, 2.75) is 39.3 Å². The van der Waals surface area contributed by atoms with Crippen molar-refractivity contribution in [3.63, 3.8) is 0 Å². The maximum Gasteiger partial charge on any atom is 0.0587 e. The molecule has 0 saturated carbocycles. The molecule has 1 aromatic heterocycles. The van der Waals surface area contributed by atoms with E-state index in [0.717, 1.165) is 19.7 Å². The molecule has 0 aliphatic rings. The van der Waals surface area contributed by atoms with Gasteiger partial charge in [0.1, 0.15) is 0 Å². The molecule has 1 heterocycles. The van der Waals surface area contributed by atoms with Gasteiger partial charge < -0.3 is 14.6 Å². The lowest BCUT2D eigenvalue weighted by atomic mass is 10.2. The predicted molar refractivity (Wildman–Crippen MR) is 67.6 cm³/mol. The van der Waals surface area contributed by atoms with Gasteiger partial charge in [0.2, 0.25) is 0 Å². The standard InChI is InChI=1S/C13H24N2O/c1-4-5-8-15-9-6-13(11-15)12(2)14-7-10-16-3/h6,9,11-12,14H,4-5,7-8,10H2,1-3H3. The molecular formula is C13H24N2O. The van der Waals surface area contributed by atoms with Gasteiger partial charge in [-0.1, -0.05) is 13.3 Å². The van der Waals surface area contributed by atoms with Gasteiger partial charge in [0.25, 0.3) is 0 Å². The van der Waals surface area contributed by atoms with Crippen molar-refractivity contribution in [1.82, 2.24) is 9.88 Å². The van der Waals surface area contributed by atoms with Crippen LogP contribution in [0.2, 0.25) is 0 Å². The monoisotopic (exact) mass is 224 g/mol. The van der Waals surface area contributed by atoms with Crippen LogP contribution in [0.5, 0.6) is 0 Å². The number of nitrogens with one attached hydrogen (secondary N) is 1. The van der Waals surface area contributed by atoms with E-state index in [1.54, 1.807) is 7.11 Å². The fourth-order valence-corrected chi connectivity index (χ4v) is 1.69. The average molecular weight is 224 g/mol. The number of aryl methyl sites for hydroxylation is 1. The molecule has 0 radical (unpaired) electrons. The molecule has 1 N–H and O–H groups in total. The third-order valence-electron chi connectivity index (χ3n) is 2.80. The van der Waals surface area contributed by atoms with E-state index in [1.165, 1.54) is 18.4 Å². The third-order valence-corrected chi connectivity index (χ3v) is 2.80. The van der Waals surface area contributed by atoms with E-state index >= 15 is 0 Å². The van der Waals surface area contributed by atoms with Crippen molar-refractivity contribution in [2.75, 3.05) is 20.3 Å². The lowest BCUT2D eigenvalue weighted by Gasteiger charge is -2.11. The number of rotatable bonds is 8. The van der Waals surface area contributed by atoms with Gasteiger partial charge in [-0.15, -0.1) is 0 Å². The number of unbranched alkanes of at least 4 members (excludes halogenated alkanes) is 1. The minimum absolute atomic E-state index is 0.401. The molecule has 3 heteroatoms. The van der Waals surface area contributed by atoms with Crippen molar-refractivity contribution >= 4 is 0 Å². The van der Waals surface area contributed by atoms with Gasteiger partial charge in [-0.05, 0) is 25.0 Å². The summed E-state index contributed by atoms with van der Waals surface area (Å²) in [5.41, 5.74) is 1.35. The lowest BCUT2D eigenvalue weighted by molar-refractivity contribution is 0.196. The van der Waals surface area contributed by atoms with Crippen LogP contribution in [0.3, 0.4) is 0 Å². The zero-order chi connectivity index (χ0) is 11.8. The van der Waals surface area contributed by atoms with Gasteiger partial charge in [0, 0.05) is 38.6 Å². The first-order chi connectivity index (χ1) is 7.77. The number of hydrogen-bond acceptors (Lipinski definition) is 2. The molecule has 0 aromatic carbocycles. The molecule has 0 spiro atoms. The van der Waals surface area contributed by atoms with Crippen LogP contribution in [-0.4, -0.2) is 24.8 Å². The van der Waals surface area contributed by atoms with Gasteiger partial charge in [-0.3, -0.25) is 0 Å². The fraction of sp³-hybridized carbons (Fsp3) is 0.692. The highest BCUT2D eigenvalue weighted by atomic mass is 16.5. The Balaban J connectivity index is 2.37. The van der Waals surface area contributed by atoms with Crippen LogP contribution in [0.1, 0.15) is 38.3 Å². The fourth-order valence-electron chi connectivity index (χ4n) is 1.69. The SMILES string of the molecule is CCCCn1ccc(C(C)NCCOC)c1. The summed E-state index contributed by atoms with van der Waals surface area (Å²) in [5.74, 6) is 0. The van der Waals surface area contributed by atoms with Crippen molar-refractivity contribution in [2.24, 2.45) is 0 Å². The molecule has 1 atom stereocenters. The Kier molecular flexibility index (Phi) is 6.19. The highest BCUT2D eigenvalue weighted by Gasteiger charge is 2.05. The van der Waals surface area contributed by atoms with E-state index < -0.39 is 0 Å². The number of methoxy groups -OCH3 is 1. The topological polar surface area (TPSA) is 26.2 Å². The smallest absolute Gasteiger partial charge is 0.0587 e. The van der Waals surface area contributed by atoms with E-state index in [9.17, 15) is 0 Å². The maximum absolute atomic E-state index is 5.02. The first kappa shape index (κ1) is 13.3. The molecule has 1 aromatic rings. The van der Waals surface area contributed by atoms with Gasteiger partial charge in [0.15, 0.2) is 0 Å². The summed E-state index contributed by atoms with van der Waals surface area (Å²) in [4.78, 5) is 0. The van der Waals surface area contributed by atoms with Crippen molar-refractivity contribution in [3.05, 3.63) is 24.0 Å². The summed E-state index contributed by atoms with van der Waals surface area (Å²) in [6.07, 6.45) is 6.90. The zero-order valence-electron chi connectivity index (χ0n) is 10.7. The lowest BCUT2D eigenvalue weighted by Crippen LogP contribution is -2.22. The Morgan fingerprint density at radius 2 is 2.31 bits per heavy atom. The van der Waals surface area contributed by atoms with Crippen LogP contribution < -0.4 is 5.32 Å². The number of hydrogen-bond donors (Lipinski definition) is 1. The highest BCUT2D eigenvalue weighted by molar-refractivity contribution is 5.14. The molecule has 0 aliphatic carbocycles. The van der Waals surface area contributed by atoms with Crippen LogP contribution in [0.25, 0.3) is 0 Å². The largest absolute Gasteiger partial charge is 0.383 e. The molecular weight excluding hydrogens is 200 g/mol. The van der Waals surface area contributed by atoms with E-state index in [-0.39, 0.29) is 0 Å². The van der Waals surface area contributed by atoms with Crippen LogP contribution in [-0.2, 0) is 11.3 Å². The average Bonchev–Trinajstić information content (AvgIpc) is 2.75. The van der Waals surface area contributed by atoms with E-state index in [2.05, 4.69) is 42.2 Å². The van der Waals surface area contributed by atoms with Crippen molar-refractivity contribution in [3.8, 4) is 0 Å². The molecule has 3 nitrogen and oxygen atoms in total. The molecule has 0 fully saturated rings. The summed E-state index contributed by atoms with van der Waals surface area (Å²) in [6, 6.07) is 2.60. The Bertz CT molecular complexity index is 283. The second kappa shape index (κ2) is 7.47. The summed E-state index contributed by atoms with van der Waals surface area (Å²) < 4.78 is 7.29. The van der Waals surface area contributed by atoms with Crippen LogP contribution >= 0.6 is 0 Å². The first-order valence-electron chi connectivity index (χ1n) is 6.16. The quantitative estimate of drug-likeness (QED) is 0.687. The molecule has 0 amide bonds. The predicted octanol–water partition coefficient (Wildman–Crippen LogP) is 2.59. The molecule has 1 unspecified atom stereocenters. The summed E-state index contributed by atoms with van der Waals surface area (Å²) in [7, 11) is 1.73. The Hall–Kier alpha value is -0.800. The Morgan fingerprint density at radius 1 is 1.50 bits per heavy atom. The molecule has 1 rings (SSSR count). The van der Waals surface area contributed by atoms with Gasteiger partial charge in [0.05, 0.1) is 6.61 Å². The summed E-state index contributed by atoms with van der Waals surface area (Å²) >= 11 is 0. The van der Waals surface area contributed by atoms with Gasteiger partial charge >= 0.3 is 0 Å². The minimum Gasteiger partial charge on any atom is -0.383 e. The van der Waals surface area contributed by atoms with Gasteiger partial charge in [-0.2, -0.15) is 0 Å². The molecule has 92 valence electrons. The van der Waals surface area contributed by atoms with E-state index in [4.69, 9.17) is 4.74 Å². The van der Waals surface area contributed by atoms with Crippen LogP contribution in [0, 0.1) is 0 Å². The van der Waals surface area contributed by atoms with E-state index in [0.29, 0.717) is 6.04 Å². The summed E-state index contributed by atoms with van der Waals surface area (Å²) in [5, 5.41) is 3.43. The normalized spacial score (nSPS) is 12.9. The zero-order valence-corrected chi connectivity index (χ0v) is 10.7. The number of ether oxygens (including phenoxy) is 1. The Labute approximate surface area is 98.8 Å². The number of nitrogens with zero attached hydrogens (tertiary/aromatic N) is 1. The maximum atomic E-state index is 5.02. The second-order valence-corrected chi connectivity index (χ2v) is 4.20. The third kappa shape index (κ3) is 4.37. The van der Waals surface area contributed by atoms with Crippen LogP contribution in [0.15, 0.2) is 18.5 Å². The minimum atomic E-state index is 0.401. The molecule has 0 bridgehead atoms. The molecule has 0 aliphatic heterocycles. The number of aromatic nitrogens is 1. The first-order valence-corrected chi connectivity index (χ1v) is 6.16. The Morgan fingerprint density at radius 3 is 3.00 bits per heavy atom. The van der Waals surface area contributed by atoms with Crippen LogP contribution in [0.4, 0.5) is 0 Å². The van der Waals surface area contributed by atoms with E-state index in [1.807, 2.05) is 0 Å². The summed E-state index contributed by atoms with van der Waals surface area (Å²) in [6.45, 7) is 7.20. The molecule has 16 heavy (non-hydrogen) atoms. The highest BCUT2D eigenvalue weighted by Crippen LogP contribution is 2.12. The second-order valence-electron chi connectivity index (χ2n) is 4.20. The van der Waals surface area contributed by atoms with Crippen molar-refractivity contribution < 1.29 is 4.74 Å². The van der Waals surface area contributed by atoms with Crippen molar-refractivity contribution in [1.29, 1.82) is 0 Å².